The van der Waals surface area contributed by atoms with E-state index in [1.807, 2.05) is 6.07 Å². The predicted octanol–water partition coefficient (Wildman–Crippen LogP) is 8.85. The summed E-state index contributed by atoms with van der Waals surface area (Å²) in [7, 11) is 0. The third-order valence-corrected chi connectivity index (χ3v) is 7.62. The summed E-state index contributed by atoms with van der Waals surface area (Å²) < 4.78 is 8.52. The highest BCUT2D eigenvalue weighted by atomic mass is 14.7. The van der Waals surface area contributed by atoms with Gasteiger partial charge in [0.2, 0.25) is 0 Å². The highest BCUT2D eigenvalue weighted by molar-refractivity contribution is 6.16. The van der Waals surface area contributed by atoms with Crippen LogP contribution in [0, 0.1) is 25.2 Å². The molecule has 32 heavy (non-hydrogen) atoms. The molecule has 1 heterocycles. The van der Waals surface area contributed by atoms with Gasteiger partial charge in [-0.05, 0) is 96.9 Å². The summed E-state index contributed by atoms with van der Waals surface area (Å²) in [6.45, 7) is 13.8. The first kappa shape index (κ1) is 20.2. The fraction of sp³-hybridized carbons (Fsp3) is 0.452. The van der Waals surface area contributed by atoms with Gasteiger partial charge in [-0.25, -0.2) is 0 Å². The van der Waals surface area contributed by atoms with Crippen molar-refractivity contribution in [2.24, 2.45) is 11.3 Å². The Hall–Kier alpha value is -2.41. The van der Waals surface area contributed by atoms with Crippen molar-refractivity contribution in [2.75, 3.05) is 0 Å². The minimum absolute atomic E-state index is 0.373. The highest BCUT2D eigenvalue weighted by Crippen LogP contribution is 2.49. The van der Waals surface area contributed by atoms with Gasteiger partial charge in [-0.15, -0.1) is 0 Å². The lowest BCUT2D eigenvalue weighted by Gasteiger charge is -2.34. The molecule has 3 aromatic rings. The van der Waals surface area contributed by atoms with Crippen molar-refractivity contribution in [2.45, 2.75) is 79.6 Å². The predicted molar refractivity (Wildman–Crippen MR) is 138 cm³/mol. The van der Waals surface area contributed by atoms with E-state index in [1.54, 1.807) is 0 Å². The molecule has 1 nitrogen and oxygen atoms in total. The molecule has 0 amide bonds. The Morgan fingerprint density at radius 2 is 1.72 bits per heavy atom. The van der Waals surface area contributed by atoms with Gasteiger partial charge in [-0.3, -0.25) is 4.98 Å². The van der Waals surface area contributed by atoms with Crippen LogP contribution in [0.3, 0.4) is 0 Å². The number of allylic oxidation sites excluding steroid dienone is 1. The minimum atomic E-state index is 0.373. The van der Waals surface area contributed by atoms with Crippen molar-refractivity contribution in [3.05, 3.63) is 76.1 Å². The van der Waals surface area contributed by atoms with Crippen LogP contribution in [-0.2, 0) is 0 Å². The molecule has 1 saturated carbocycles. The molecule has 2 aliphatic carbocycles. The summed E-state index contributed by atoms with van der Waals surface area (Å²) >= 11 is 0. The SMILES string of the molecule is [2H]c1cc2cc(C3CCC(C)(C)CC3)cc3c2c(n1)C(c1cc(C)cc(C)c1)=C3CC(C)C. The van der Waals surface area contributed by atoms with Crippen molar-refractivity contribution in [1.29, 1.82) is 0 Å². The maximum absolute atomic E-state index is 8.52. The fourth-order valence-electron chi connectivity index (χ4n) is 6.00. The van der Waals surface area contributed by atoms with E-state index in [0.717, 1.165) is 12.1 Å². The molecule has 1 aromatic heterocycles. The van der Waals surface area contributed by atoms with Gasteiger partial charge in [-0.1, -0.05) is 69.2 Å². The fourth-order valence-corrected chi connectivity index (χ4v) is 6.00. The van der Waals surface area contributed by atoms with Crippen LogP contribution in [0.25, 0.3) is 21.9 Å². The van der Waals surface area contributed by atoms with Gasteiger partial charge in [0.15, 0.2) is 0 Å². The topological polar surface area (TPSA) is 12.9 Å². The van der Waals surface area contributed by atoms with Crippen LogP contribution in [0.4, 0.5) is 0 Å². The van der Waals surface area contributed by atoms with Crippen LogP contribution < -0.4 is 0 Å². The average Bonchev–Trinajstić information content (AvgIpc) is 3.00. The van der Waals surface area contributed by atoms with Gasteiger partial charge in [-0.2, -0.15) is 0 Å². The van der Waals surface area contributed by atoms with Crippen molar-refractivity contribution >= 4 is 21.9 Å². The second kappa shape index (κ2) is 7.87. The summed E-state index contributed by atoms with van der Waals surface area (Å²) in [6.07, 6.45) is 6.51. The van der Waals surface area contributed by atoms with Gasteiger partial charge in [0.25, 0.3) is 0 Å². The highest BCUT2D eigenvalue weighted by Gasteiger charge is 2.31. The van der Waals surface area contributed by atoms with E-state index in [2.05, 4.69) is 71.9 Å². The summed E-state index contributed by atoms with van der Waals surface area (Å²) in [5, 5.41) is 2.46. The molecule has 5 rings (SSSR count). The van der Waals surface area contributed by atoms with E-state index >= 15 is 0 Å². The van der Waals surface area contributed by atoms with E-state index in [0.29, 0.717) is 23.4 Å². The van der Waals surface area contributed by atoms with Crippen LogP contribution in [0.2, 0.25) is 0 Å². The molecule has 1 heteroatoms. The lowest BCUT2D eigenvalue weighted by Crippen LogP contribution is -2.20. The largest absolute Gasteiger partial charge is 0.256 e. The molecule has 1 fully saturated rings. The summed E-state index contributed by atoms with van der Waals surface area (Å²) in [4.78, 5) is 4.82. The molecule has 0 saturated heterocycles. The van der Waals surface area contributed by atoms with E-state index < -0.39 is 0 Å². The third-order valence-electron chi connectivity index (χ3n) is 7.62. The normalized spacial score (nSPS) is 18.7. The number of pyridine rings is 1. The Morgan fingerprint density at radius 1 is 1.03 bits per heavy atom. The number of aromatic nitrogens is 1. The zero-order valence-corrected chi connectivity index (χ0v) is 20.6. The lowest BCUT2D eigenvalue weighted by molar-refractivity contribution is 0.224. The number of hydrogen-bond acceptors (Lipinski definition) is 1. The quantitative estimate of drug-likeness (QED) is 0.407. The third kappa shape index (κ3) is 3.81. The monoisotopic (exact) mass is 424 g/mol. The van der Waals surface area contributed by atoms with E-state index in [4.69, 9.17) is 6.35 Å². The Balaban J connectivity index is 1.73. The van der Waals surface area contributed by atoms with E-state index in [1.165, 1.54) is 75.4 Å². The molecule has 2 aromatic carbocycles. The van der Waals surface area contributed by atoms with Gasteiger partial charge in [0.1, 0.15) is 0 Å². The maximum atomic E-state index is 8.52. The van der Waals surface area contributed by atoms with Gasteiger partial charge in [0, 0.05) is 17.1 Å². The first-order chi connectivity index (χ1) is 15.6. The van der Waals surface area contributed by atoms with E-state index in [-0.39, 0.29) is 0 Å². The van der Waals surface area contributed by atoms with Gasteiger partial charge < -0.3 is 0 Å². The summed E-state index contributed by atoms with van der Waals surface area (Å²) in [5.74, 6) is 1.18. The molecule has 0 unspecified atom stereocenters. The van der Waals surface area contributed by atoms with Crippen molar-refractivity contribution < 1.29 is 1.37 Å². The smallest absolute Gasteiger partial charge is 0.0840 e. The van der Waals surface area contributed by atoms with Gasteiger partial charge >= 0.3 is 0 Å². The van der Waals surface area contributed by atoms with Crippen molar-refractivity contribution in [3.63, 3.8) is 0 Å². The molecule has 0 aliphatic heterocycles. The van der Waals surface area contributed by atoms with E-state index in [9.17, 15) is 0 Å². The summed E-state index contributed by atoms with van der Waals surface area (Å²) in [5.41, 5.74) is 10.8. The molecule has 0 N–H and O–H groups in total. The van der Waals surface area contributed by atoms with Crippen LogP contribution in [0.1, 0.15) is 101 Å². The molecular formula is C31H37N. The van der Waals surface area contributed by atoms with Crippen LogP contribution in [-0.4, -0.2) is 4.98 Å². The second-order valence-corrected chi connectivity index (χ2v) is 11.5. The molecule has 166 valence electrons. The van der Waals surface area contributed by atoms with Crippen molar-refractivity contribution in [1.82, 2.24) is 4.98 Å². The number of rotatable bonds is 4. The second-order valence-electron chi connectivity index (χ2n) is 11.5. The number of hydrogen-bond donors (Lipinski definition) is 0. The molecule has 0 spiro atoms. The Bertz CT molecular complexity index is 1250. The number of benzene rings is 2. The summed E-state index contributed by atoms with van der Waals surface area (Å²) in [6, 6.07) is 13.7. The zero-order chi connectivity index (χ0) is 23.5. The van der Waals surface area contributed by atoms with Crippen LogP contribution in [0.5, 0.6) is 0 Å². The Kier molecular flexibility index (Phi) is 4.97. The number of nitrogens with zero attached hydrogens (tertiary/aromatic N) is 1. The number of aryl methyl sites for hydroxylation is 2. The standard InChI is InChI=1S/C31H37N/c1-19(2)13-26-27-18-24(22-7-10-31(5,6)11-8-22)17-23-9-12-32-30(28(23)27)29(26)25-15-20(3)14-21(4)16-25/h9,12,14-19,22H,7-8,10-11,13H2,1-6H3/i12D. The molecule has 0 bridgehead atoms. The van der Waals surface area contributed by atoms with Gasteiger partial charge in [0.05, 0.1) is 7.06 Å². The first-order valence-electron chi connectivity index (χ1n) is 12.9. The lowest BCUT2D eigenvalue weighted by atomic mass is 9.71. The molecule has 0 radical (unpaired) electrons. The Morgan fingerprint density at radius 3 is 2.38 bits per heavy atom. The van der Waals surface area contributed by atoms with Crippen LogP contribution >= 0.6 is 0 Å². The minimum Gasteiger partial charge on any atom is -0.256 e. The molecule has 2 aliphatic rings. The zero-order valence-electron chi connectivity index (χ0n) is 21.6. The molecular weight excluding hydrogens is 386 g/mol. The average molecular weight is 425 g/mol. The Labute approximate surface area is 195 Å². The van der Waals surface area contributed by atoms with Crippen molar-refractivity contribution in [3.8, 4) is 0 Å². The first-order valence-corrected chi connectivity index (χ1v) is 12.4. The van der Waals surface area contributed by atoms with Crippen LogP contribution in [0.15, 0.2) is 42.6 Å². The maximum Gasteiger partial charge on any atom is 0.0840 e. The molecule has 0 atom stereocenters.